The van der Waals surface area contributed by atoms with E-state index in [4.69, 9.17) is 25.3 Å². The van der Waals surface area contributed by atoms with Crippen LogP contribution in [0.4, 0.5) is 0 Å². The molecule has 5 rings (SSSR count). The number of rotatable bonds is 3. The van der Waals surface area contributed by atoms with Crippen molar-refractivity contribution in [1.82, 2.24) is 19.7 Å². The number of benzene rings is 1. The number of aliphatic hydroxyl groups is 1. The van der Waals surface area contributed by atoms with Gasteiger partial charge < -0.3 is 20.3 Å². The number of fused-ring (bicyclic) bond motifs is 1. The van der Waals surface area contributed by atoms with Crippen molar-refractivity contribution in [2.75, 3.05) is 13.2 Å². The van der Waals surface area contributed by atoms with Gasteiger partial charge in [-0.15, -0.1) is 5.10 Å². The summed E-state index contributed by atoms with van der Waals surface area (Å²) in [5.74, 6) is 2.74. The Balaban J connectivity index is 1.60. The number of aromatic nitrogens is 4. The Bertz CT molecular complexity index is 981. The highest BCUT2D eigenvalue weighted by atomic mass is 16.6. The molecule has 0 radical (unpaired) electrons. The molecule has 0 saturated heterocycles. The van der Waals surface area contributed by atoms with Crippen LogP contribution in [-0.4, -0.2) is 50.2 Å². The maximum Gasteiger partial charge on any atom is 0.200 e. The molecular weight excluding hydrogens is 358 g/mol. The first-order valence-electron chi connectivity index (χ1n) is 9.41. The number of pyridine rings is 1. The Morgan fingerprint density at radius 3 is 2.68 bits per heavy atom. The monoisotopic (exact) mass is 379 g/mol. The number of hydrogen-bond acceptors (Lipinski definition) is 7. The summed E-state index contributed by atoms with van der Waals surface area (Å²) in [4.78, 5) is 9.14. The molecule has 28 heavy (non-hydrogen) atoms. The van der Waals surface area contributed by atoms with Gasteiger partial charge in [0, 0.05) is 24.2 Å². The van der Waals surface area contributed by atoms with Crippen LogP contribution in [-0.2, 0) is 0 Å². The maximum atomic E-state index is 10.1. The largest absolute Gasteiger partial charge is 0.486 e. The Labute approximate surface area is 161 Å². The van der Waals surface area contributed by atoms with Crippen LogP contribution < -0.4 is 15.2 Å². The molecule has 0 unspecified atom stereocenters. The third kappa shape index (κ3) is 3.00. The van der Waals surface area contributed by atoms with Crippen molar-refractivity contribution >= 4 is 0 Å². The summed E-state index contributed by atoms with van der Waals surface area (Å²) in [6, 6.07) is 11.1. The van der Waals surface area contributed by atoms with Crippen LogP contribution in [0.25, 0.3) is 17.2 Å². The SMILES string of the molecule is N[C@@H]1C[C@H](c2nc(-c3ccccn3)nn2-c2ccc3c(c2)OCCO3)C[C@H]1O. The number of ether oxygens (including phenoxy) is 2. The third-order valence-corrected chi connectivity index (χ3v) is 5.24. The summed E-state index contributed by atoms with van der Waals surface area (Å²) in [7, 11) is 0. The molecule has 0 bridgehead atoms. The molecule has 2 aromatic heterocycles. The van der Waals surface area contributed by atoms with Crippen molar-refractivity contribution < 1.29 is 14.6 Å². The van der Waals surface area contributed by atoms with Gasteiger partial charge in [0.15, 0.2) is 17.3 Å². The van der Waals surface area contributed by atoms with Gasteiger partial charge in [-0.2, -0.15) is 0 Å². The molecule has 3 heterocycles. The molecule has 8 heteroatoms. The number of aliphatic hydroxyl groups excluding tert-OH is 1. The van der Waals surface area contributed by atoms with Gasteiger partial charge in [0.05, 0.1) is 11.8 Å². The van der Waals surface area contributed by atoms with Crippen LogP contribution in [0, 0.1) is 0 Å². The molecule has 1 saturated carbocycles. The van der Waals surface area contributed by atoms with Gasteiger partial charge >= 0.3 is 0 Å². The fraction of sp³-hybridized carbons (Fsp3) is 0.350. The van der Waals surface area contributed by atoms with E-state index < -0.39 is 6.10 Å². The van der Waals surface area contributed by atoms with Crippen LogP contribution in [0.5, 0.6) is 11.5 Å². The second kappa shape index (κ2) is 6.88. The number of nitrogens with two attached hydrogens (primary N) is 1. The van der Waals surface area contributed by atoms with E-state index in [1.165, 1.54) is 0 Å². The van der Waals surface area contributed by atoms with Gasteiger partial charge in [0.2, 0.25) is 0 Å². The first-order chi connectivity index (χ1) is 13.7. The van der Waals surface area contributed by atoms with Crippen LogP contribution in [0.3, 0.4) is 0 Å². The summed E-state index contributed by atoms with van der Waals surface area (Å²) < 4.78 is 13.1. The Morgan fingerprint density at radius 1 is 1.07 bits per heavy atom. The van der Waals surface area contributed by atoms with Gasteiger partial charge in [-0.05, 0) is 37.1 Å². The van der Waals surface area contributed by atoms with E-state index in [1.54, 1.807) is 10.9 Å². The number of nitrogens with zero attached hydrogens (tertiary/aromatic N) is 4. The summed E-state index contributed by atoms with van der Waals surface area (Å²) in [6.45, 7) is 1.06. The zero-order valence-electron chi connectivity index (χ0n) is 15.2. The lowest BCUT2D eigenvalue weighted by molar-refractivity contribution is 0.163. The fourth-order valence-electron chi connectivity index (χ4n) is 3.80. The second-order valence-electron chi connectivity index (χ2n) is 7.15. The van der Waals surface area contributed by atoms with E-state index in [2.05, 4.69) is 4.98 Å². The highest BCUT2D eigenvalue weighted by Gasteiger charge is 2.35. The predicted octanol–water partition coefficient (Wildman–Crippen LogP) is 1.67. The molecule has 3 N–H and O–H groups in total. The van der Waals surface area contributed by atoms with Crippen molar-refractivity contribution in [2.24, 2.45) is 5.73 Å². The summed E-state index contributed by atoms with van der Waals surface area (Å²) in [6.07, 6.45) is 2.40. The van der Waals surface area contributed by atoms with Crippen molar-refractivity contribution in [3.63, 3.8) is 0 Å². The standard InChI is InChI=1S/C20H21N5O3/c21-14-9-12(10-16(14)26)20-23-19(15-3-1-2-6-22-15)24-25(20)13-4-5-17-18(11-13)28-8-7-27-17/h1-6,11-12,14,16,26H,7-10,21H2/t12-,14+,16+/m0/s1. The van der Waals surface area contributed by atoms with Crippen molar-refractivity contribution in [3.8, 4) is 28.7 Å². The molecule has 0 amide bonds. The van der Waals surface area contributed by atoms with E-state index >= 15 is 0 Å². The lowest BCUT2D eigenvalue weighted by Crippen LogP contribution is -2.28. The van der Waals surface area contributed by atoms with E-state index in [0.717, 1.165) is 17.3 Å². The van der Waals surface area contributed by atoms with Crippen LogP contribution >= 0.6 is 0 Å². The first kappa shape index (κ1) is 17.2. The van der Waals surface area contributed by atoms with Gasteiger partial charge in [0.1, 0.15) is 24.7 Å². The minimum atomic E-state index is -0.534. The predicted molar refractivity (Wildman–Crippen MR) is 102 cm³/mol. The average Bonchev–Trinajstić information content (AvgIpc) is 3.32. The lowest BCUT2D eigenvalue weighted by atomic mass is 10.1. The molecule has 2 aliphatic rings. The van der Waals surface area contributed by atoms with Crippen LogP contribution in [0.15, 0.2) is 42.6 Å². The van der Waals surface area contributed by atoms with Gasteiger partial charge in [-0.25, -0.2) is 9.67 Å². The zero-order chi connectivity index (χ0) is 19.1. The highest BCUT2D eigenvalue weighted by molar-refractivity contribution is 5.52. The van der Waals surface area contributed by atoms with Gasteiger partial charge in [-0.1, -0.05) is 6.07 Å². The summed E-state index contributed by atoms with van der Waals surface area (Å²) in [5.41, 5.74) is 7.57. The van der Waals surface area contributed by atoms with Crippen molar-refractivity contribution in [2.45, 2.75) is 30.9 Å². The van der Waals surface area contributed by atoms with Gasteiger partial charge in [-0.3, -0.25) is 4.98 Å². The van der Waals surface area contributed by atoms with Crippen LogP contribution in [0.1, 0.15) is 24.6 Å². The fourth-order valence-corrected chi connectivity index (χ4v) is 3.80. The van der Waals surface area contributed by atoms with Crippen molar-refractivity contribution in [1.29, 1.82) is 0 Å². The van der Waals surface area contributed by atoms with E-state index in [-0.39, 0.29) is 12.0 Å². The van der Waals surface area contributed by atoms with E-state index in [9.17, 15) is 5.11 Å². The molecule has 3 aromatic rings. The Kier molecular flexibility index (Phi) is 4.22. The minimum Gasteiger partial charge on any atom is -0.486 e. The zero-order valence-corrected chi connectivity index (χ0v) is 15.2. The van der Waals surface area contributed by atoms with Crippen LogP contribution in [0.2, 0.25) is 0 Å². The molecule has 1 aromatic carbocycles. The molecular formula is C20H21N5O3. The first-order valence-corrected chi connectivity index (χ1v) is 9.41. The summed E-state index contributed by atoms with van der Waals surface area (Å²) >= 11 is 0. The molecule has 1 aliphatic heterocycles. The molecule has 3 atom stereocenters. The maximum absolute atomic E-state index is 10.1. The average molecular weight is 379 g/mol. The highest BCUT2D eigenvalue weighted by Crippen LogP contribution is 2.37. The molecule has 1 fully saturated rings. The normalized spacial score (nSPS) is 23.7. The third-order valence-electron chi connectivity index (χ3n) is 5.24. The molecule has 8 nitrogen and oxygen atoms in total. The lowest BCUT2D eigenvalue weighted by Gasteiger charge is -2.19. The number of hydrogen-bond donors (Lipinski definition) is 2. The van der Waals surface area contributed by atoms with Crippen molar-refractivity contribution in [3.05, 3.63) is 48.4 Å². The quantitative estimate of drug-likeness (QED) is 0.712. The molecule has 1 aliphatic carbocycles. The Hall–Kier alpha value is -2.97. The summed E-state index contributed by atoms with van der Waals surface area (Å²) in [5, 5.41) is 14.9. The second-order valence-corrected chi connectivity index (χ2v) is 7.15. The molecule has 144 valence electrons. The topological polar surface area (TPSA) is 108 Å². The van der Waals surface area contributed by atoms with E-state index in [1.807, 2.05) is 36.4 Å². The van der Waals surface area contributed by atoms with E-state index in [0.29, 0.717) is 43.3 Å². The minimum absolute atomic E-state index is 0.0168. The molecule has 0 spiro atoms. The smallest absolute Gasteiger partial charge is 0.200 e. The van der Waals surface area contributed by atoms with Gasteiger partial charge in [0.25, 0.3) is 0 Å². The Morgan fingerprint density at radius 2 is 1.93 bits per heavy atom.